The Morgan fingerprint density at radius 1 is 1.32 bits per heavy atom. The first-order chi connectivity index (χ1) is 14.7. The number of hydrogen-bond donors (Lipinski definition) is 2. The van der Waals surface area contributed by atoms with Crippen molar-refractivity contribution in [2.75, 3.05) is 12.4 Å². The molecule has 0 bridgehead atoms. The summed E-state index contributed by atoms with van der Waals surface area (Å²) in [6.07, 6.45) is 6.55. The van der Waals surface area contributed by atoms with E-state index in [0.29, 0.717) is 12.5 Å². The van der Waals surface area contributed by atoms with Crippen LogP contribution in [0.25, 0.3) is 0 Å². The Balaban J connectivity index is 1.48. The Labute approximate surface area is 179 Å². The molecule has 1 aliphatic rings. The lowest BCUT2D eigenvalue weighted by Gasteiger charge is -2.15. The van der Waals surface area contributed by atoms with E-state index in [0.717, 1.165) is 22.1 Å². The second kappa shape index (κ2) is 10.1. The molecule has 0 radical (unpaired) electrons. The molecular formula is C21H26FN3O5S. The highest BCUT2D eigenvalue weighted by molar-refractivity contribution is 7.89. The summed E-state index contributed by atoms with van der Waals surface area (Å²) in [5.41, 5.74) is -0.995. The third kappa shape index (κ3) is 7.18. The molecule has 10 heteroatoms. The van der Waals surface area contributed by atoms with E-state index in [1.54, 1.807) is 19.1 Å². The van der Waals surface area contributed by atoms with Gasteiger partial charge in [0.15, 0.2) is 0 Å². The molecule has 2 N–H and O–H groups in total. The van der Waals surface area contributed by atoms with Gasteiger partial charge in [-0.25, -0.2) is 17.9 Å². The van der Waals surface area contributed by atoms with Crippen molar-refractivity contribution in [1.82, 2.24) is 14.3 Å². The number of hydrogen-bond acceptors (Lipinski definition) is 5. The molecule has 2 aromatic rings. The summed E-state index contributed by atoms with van der Waals surface area (Å²) in [5, 5.41) is 0. The van der Waals surface area contributed by atoms with Crippen LogP contribution < -0.4 is 20.7 Å². The summed E-state index contributed by atoms with van der Waals surface area (Å²) in [7, 11) is -3.54. The fourth-order valence-corrected chi connectivity index (χ4v) is 4.16. The predicted octanol–water partition coefficient (Wildman–Crippen LogP) is 2.09. The Morgan fingerprint density at radius 3 is 2.84 bits per heavy atom. The Hall–Kier alpha value is -2.72. The molecule has 0 aliphatic heterocycles. The maximum Gasteiger partial charge on any atom is 0.328 e. The molecule has 1 fully saturated rings. The summed E-state index contributed by atoms with van der Waals surface area (Å²) < 4.78 is 47.4. The minimum absolute atomic E-state index is 0.0179. The maximum absolute atomic E-state index is 13.2. The first kappa shape index (κ1) is 23.0. The molecule has 168 valence electrons. The van der Waals surface area contributed by atoms with Crippen molar-refractivity contribution in [2.45, 2.75) is 38.8 Å². The van der Waals surface area contributed by atoms with Crippen LogP contribution >= 0.6 is 0 Å². The van der Waals surface area contributed by atoms with Gasteiger partial charge in [0, 0.05) is 12.6 Å². The Morgan fingerprint density at radius 2 is 2.10 bits per heavy atom. The van der Waals surface area contributed by atoms with Gasteiger partial charge in [0.1, 0.15) is 5.75 Å². The van der Waals surface area contributed by atoms with Gasteiger partial charge >= 0.3 is 5.69 Å². The summed E-state index contributed by atoms with van der Waals surface area (Å²) in [5.74, 6) is 0.165. The molecule has 0 unspecified atom stereocenters. The summed E-state index contributed by atoms with van der Waals surface area (Å²) in [6.45, 7) is 2.47. The second-order valence-corrected chi connectivity index (χ2v) is 9.51. The number of nitrogens with zero attached hydrogens (tertiary/aromatic N) is 1. The van der Waals surface area contributed by atoms with Crippen LogP contribution in [0.5, 0.6) is 5.75 Å². The molecule has 3 rings (SSSR count). The van der Waals surface area contributed by atoms with Crippen molar-refractivity contribution in [2.24, 2.45) is 5.92 Å². The number of ether oxygens (including phenoxy) is 1. The van der Waals surface area contributed by atoms with Gasteiger partial charge in [-0.3, -0.25) is 14.3 Å². The number of sulfonamides is 1. The van der Waals surface area contributed by atoms with Gasteiger partial charge in [-0.15, -0.1) is 0 Å². The van der Waals surface area contributed by atoms with Crippen LogP contribution in [0.2, 0.25) is 0 Å². The number of H-pyrrole nitrogens is 1. The summed E-state index contributed by atoms with van der Waals surface area (Å²) in [4.78, 5) is 24.4. The zero-order chi connectivity index (χ0) is 22.4. The number of rotatable bonds is 11. The Kier molecular flexibility index (Phi) is 7.45. The average molecular weight is 452 g/mol. The third-order valence-electron chi connectivity index (χ3n) is 4.89. The van der Waals surface area contributed by atoms with Crippen molar-refractivity contribution in [3.05, 3.63) is 74.8 Å². The van der Waals surface area contributed by atoms with Crippen LogP contribution in [-0.2, 0) is 16.6 Å². The lowest BCUT2D eigenvalue weighted by atomic mass is 10.1. The quantitative estimate of drug-likeness (QED) is 0.509. The number of aromatic nitrogens is 2. The molecule has 1 aliphatic carbocycles. The smallest absolute Gasteiger partial charge is 0.328 e. The van der Waals surface area contributed by atoms with E-state index in [-0.39, 0.29) is 18.7 Å². The van der Waals surface area contributed by atoms with Gasteiger partial charge in [0.25, 0.3) is 5.56 Å². The highest BCUT2D eigenvalue weighted by atomic mass is 32.2. The van der Waals surface area contributed by atoms with Crippen molar-refractivity contribution >= 4 is 10.0 Å². The van der Waals surface area contributed by atoms with Gasteiger partial charge in [-0.2, -0.15) is 4.39 Å². The molecule has 1 atom stereocenters. The summed E-state index contributed by atoms with van der Waals surface area (Å²) >= 11 is 0. The normalized spacial score (nSPS) is 15.3. The minimum Gasteiger partial charge on any atom is -0.493 e. The molecule has 0 saturated heterocycles. The van der Waals surface area contributed by atoms with Gasteiger partial charge in [0.05, 0.1) is 18.6 Å². The molecule has 8 nitrogen and oxygen atoms in total. The van der Waals surface area contributed by atoms with Crippen molar-refractivity contribution in [1.29, 1.82) is 0 Å². The van der Waals surface area contributed by atoms with Crippen molar-refractivity contribution < 1.29 is 17.5 Å². The van der Waals surface area contributed by atoms with Crippen LogP contribution in [0.4, 0.5) is 4.39 Å². The minimum atomic E-state index is -3.54. The SMILES string of the molecule is C[C@@H](NS(=O)(=O)CC/C=C/Cn1cc(F)c(=O)[nH]c1=O)c1cccc(OCC2CC2)c1. The monoisotopic (exact) mass is 451 g/mol. The fraction of sp³-hybridized carbons (Fsp3) is 0.429. The van der Waals surface area contributed by atoms with Gasteiger partial charge in [-0.05, 0) is 49.8 Å². The van der Waals surface area contributed by atoms with Gasteiger partial charge in [-0.1, -0.05) is 24.3 Å². The highest BCUT2D eigenvalue weighted by Gasteiger charge is 2.22. The van der Waals surface area contributed by atoms with E-state index in [4.69, 9.17) is 4.74 Å². The number of nitrogens with one attached hydrogen (secondary N) is 2. The number of allylic oxidation sites excluding steroid dienone is 2. The van der Waals surface area contributed by atoms with Gasteiger partial charge in [0.2, 0.25) is 15.8 Å². The average Bonchev–Trinajstić information content (AvgIpc) is 3.54. The molecular weight excluding hydrogens is 425 g/mol. The Bertz CT molecular complexity index is 1150. The largest absolute Gasteiger partial charge is 0.493 e. The van der Waals surface area contributed by atoms with E-state index < -0.39 is 33.1 Å². The van der Waals surface area contributed by atoms with Crippen LogP contribution in [0.1, 0.15) is 37.8 Å². The van der Waals surface area contributed by atoms with E-state index >= 15 is 0 Å². The predicted molar refractivity (Wildman–Crippen MR) is 115 cm³/mol. The van der Waals surface area contributed by atoms with Crippen LogP contribution in [0, 0.1) is 11.7 Å². The van der Waals surface area contributed by atoms with Crippen molar-refractivity contribution in [3.63, 3.8) is 0 Å². The first-order valence-electron chi connectivity index (χ1n) is 10.1. The standard InChI is InChI=1S/C21H26FN3O5S/c1-15(17-6-5-7-18(12-17)30-14-16-8-9-16)24-31(28,29)11-4-2-3-10-25-13-19(22)20(26)23-21(25)27/h2-3,5-7,12-13,15-16,24H,4,8-11,14H2,1H3,(H,23,26,27)/b3-2+/t15-/m1/s1. The van der Waals surface area contributed by atoms with E-state index in [2.05, 4.69) is 4.72 Å². The highest BCUT2D eigenvalue weighted by Crippen LogP contribution is 2.30. The number of benzene rings is 1. The number of aromatic amines is 1. The van der Waals surface area contributed by atoms with E-state index in [1.807, 2.05) is 29.2 Å². The lowest BCUT2D eigenvalue weighted by Crippen LogP contribution is -2.31. The third-order valence-corrected chi connectivity index (χ3v) is 6.37. The molecule has 1 heterocycles. The molecule has 31 heavy (non-hydrogen) atoms. The molecule has 1 saturated carbocycles. The summed E-state index contributed by atoms with van der Waals surface area (Å²) in [6, 6.07) is 6.97. The molecule has 0 spiro atoms. The van der Waals surface area contributed by atoms with Gasteiger partial charge < -0.3 is 4.74 Å². The molecule has 1 aromatic heterocycles. The van der Waals surface area contributed by atoms with Crippen LogP contribution in [0.15, 0.2) is 52.2 Å². The van der Waals surface area contributed by atoms with E-state index in [1.165, 1.54) is 12.8 Å². The van der Waals surface area contributed by atoms with Crippen LogP contribution in [0.3, 0.4) is 0 Å². The van der Waals surface area contributed by atoms with Crippen molar-refractivity contribution in [3.8, 4) is 5.75 Å². The zero-order valence-electron chi connectivity index (χ0n) is 17.2. The maximum atomic E-state index is 13.2. The number of halogens is 1. The zero-order valence-corrected chi connectivity index (χ0v) is 18.0. The molecule has 1 aromatic carbocycles. The fourth-order valence-electron chi connectivity index (χ4n) is 2.92. The second-order valence-electron chi connectivity index (χ2n) is 7.63. The topological polar surface area (TPSA) is 110 Å². The van der Waals surface area contributed by atoms with Crippen LogP contribution in [-0.4, -0.2) is 30.3 Å². The lowest BCUT2D eigenvalue weighted by molar-refractivity contribution is 0.299. The molecule has 0 amide bonds. The van der Waals surface area contributed by atoms with E-state index in [9.17, 15) is 22.4 Å². The first-order valence-corrected chi connectivity index (χ1v) is 11.8.